The molecule has 2 heterocycles. The van der Waals surface area contributed by atoms with E-state index in [1.807, 2.05) is 30.3 Å². The number of hydrogen-bond donors (Lipinski definition) is 1. The first-order valence-corrected chi connectivity index (χ1v) is 5.92. The van der Waals surface area contributed by atoms with E-state index in [0.29, 0.717) is 18.1 Å². The Labute approximate surface area is 110 Å². The second-order valence-electron chi connectivity index (χ2n) is 4.06. The molecule has 0 saturated heterocycles. The first-order valence-electron chi connectivity index (χ1n) is 5.92. The lowest BCUT2D eigenvalue weighted by Crippen LogP contribution is -1.99. The van der Waals surface area contributed by atoms with Crippen LogP contribution in [-0.4, -0.2) is 17.1 Å². The Balaban J connectivity index is 1.78. The quantitative estimate of drug-likeness (QED) is 0.776. The summed E-state index contributed by atoms with van der Waals surface area (Å²) in [5.74, 6) is 0.754. The topological polar surface area (TPSA) is 60.2 Å². The Bertz CT molecular complexity index is 679. The van der Waals surface area contributed by atoms with Crippen LogP contribution in [-0.2, 0) is 6.54 Å². The van der Waals surface area contributed by atoms with E-state index in [1.165, 1.54) is 0 Å². The molecular formula is C14H13N3O2. The number of benzene rings is 1. The molecule has 5 nitrogen and oxygen atoms in total. The summed E-state index contributed by atoms with van der Waals surface area (Å²) in [6.07, 6.45) is 3.52. The van der Waals surface area contributed by atoms with E-state index in [1.54, 1.807) is 19.5 Å². The number of anilines is 1. The second-order valence-corrected chi connectivity index (χ2v) is 4.06. The number of pyridine rings is 1. The van der Waals surface area contributed by atoms with Gasteiger partial charge in [0.2, 0.25) is 0 Å². The van der Waals surface area contributed by atoms with Crippen LogP contribution in [0, 0.1) is 0 Å². The Morgan fingerprint density at radius 2 is 2.05 bits per heavy atom. The zero-order valence-electron chi connectivity index (χ0n) is 10.5. The average Bonchev–Trinajstić information content (AvgIpc) is 2.88. The van der Waals surface area contributed by atoms with Gasteiger partial charge in [0.15, 0.2) is 5.58 Å². The lowest BCUT2D eigenvalue weighted by atomic mass is 10.3. The van der Waals surface area contributed by atoms with Crippen LogP contribution in [0.5, 0.6) is 5.75 Å². The van der Waals surface area contributed by atoms with Crippen LogP contribution in [0.25, 0.3) is 11.1 Å². The Kier molecular flexibility index (Phi) is 3.02. The van der Waals surface area contributed by atoms with E-state index >= 15 is 0 Å². The van der Waals surface area contributed by atoms with E-state index < -0.39 is 0 Å². The molecule has 0 atom stereocenters. The van der Waals surface area contributed by atoms with Gasteiger partial charge in [0.05, 0.1) is 7.11 Å². The molecule has 1 N–H and O–H groups in total. The molecule has 5 heteroatoms. The van der Waals surface area contributed by atoms with Crippen LogP contribution < -0.4 is 10.1 Å². The molecule has 0 aliphatic rings. The number of hydrogen-bond acceptors (Lipinski definition) is 5. The van der Waals surface area contributed by atoms with E-state index in [4.69, 9.17) is 9.15 Å². The van der Waals surface area contributed by atoms with Gasteiger partial charge in [0.1, 0.15) is 11.3 Å². The third kappa shape index (κ3) is 2.49. The molecule has 3 aromatic rings. The fourth-order valence-corrected chi connectivity index (χ4v) is 1.79. The zero-order chi connectivity index (χ0) is 13.1. The Hall–Kier alpha value is -2.56. The molecule has 2 aromatic heterocycles. The molecule has 0 amide bonds. The van der Waals surface area contributed by atoms with Gasteiger partial charge in [0, 0.05) is 25.0 Å². The van der Waals surface area contributed by atoms with Crippen molar-refractivity contribution in [2.75, 3.05) is 12.4 Å². The van der Waals surface area contributed by atoms with Gasteiger partial charge in [-0.3, -0.25) is 4.98 Å². The normalized spacial score (nSPS) is 10.6. The number of nitrogens with one attached hydrogen (secondary N) is 1. The molecule has 0 aliphatic heterocycles. The number of aromatic nitrogens is 2. The molecule has 19 heavy (non-hydrogen) atoms. The highest BCUT2D eigenvalue weighted by molar-refractivity contribution is 5.76. The fourth-order valence-electron chi connectivity index (χ4n) is 1.79. The number of methoxy groups -OCH3 is 1. The van der Waals surface area contributed by atoms with E-state index in [9.17, 15) is 0 Å². The molecule has 96 valence electrons. The lowest BCUT2D eigenvalue weighted by molar-refractivity contribution is 0.414. The summed E-state index contributed by atoms with van der Waals surface area (Å²) in [5.41, 5.74) is 2.63. The van der Waals surface area contributed by atoms with Crippen LogP contribution in [0.1, 0.15) is 5.56 Å². The molecular weight excluding hydrogens is 242 g/mol. The van der Waals surface area contributed by atoms with E-state index in [-0.39, 0.29) is 0 Å². The highest BCUT2D eigenvalue weighted by Gasteiger charge is 2.06. The molecule has 0 unspecified atom stereocenters. The number of oxazole rings is 1. The van der Waals surface area contributed by atoms with E-state index in [2.05, 4.69) is 15.3 Å². The van der Waals surface area contributed by atoms with Gasteiger partial charge in [-0.25, -0.2) is 0 Å². The number of ether oxygens (including phenoxy) is 1. The van der Waals surface area contributed by atoms with Crippen molar-refractivity contribution in [3.8, 4) is 5.75 Å². The monoisotopic (exact) mass is 255 g/mol. The Morgan fingerprint density at radius 1 is 1.21 bits per heavy atom. The molecule has 0 saturated carbocycles. The molecule has 0 aliphatic carbocycles. The first-order chi connectivity index (χ1) is 9.35. The minimum atomic E-state index is 0.500. The van der Waals surface area contributed by atoms with Gasteiger partial charge >= 0.3 is 0 Å². The zero-order valence-corrected chi connectivity index (χ0v) is 10.5. The number of rotatable bonds is 4. The highest BCUT2D eigenvalue weighted by atomic mass is 16.5. The van der Waals surface area contributed by atoms with Gasteiger partial charge in [-0.1, -0.05) is 0 Å². The molecule has 1 aromatic carbocycles. The molecule has 0 radical (unpaired) electrons. The van der Waals surface area contributed by atoms with Gasteiger partial charge in [-0.15, -0.1) is 0 Å². The van der Waals surface area contributed by atoms with Crippen LogP contribution in [0.4, 0.5) is 6.01 Å². The summed E-state index contributed by atoms with van der Waals surface area (Å²) in [6.45, 7) is 0.645. The van der Waals surface area contributed by atoms with Crippen LogP contribution >= 0.6 is 0 Å². The van der Waals surface area contributed by atoms with Gasteiger partial charge < -0.3 is 14.5 Å². The summed E-state index contributed by atoms with van der Waals surface area (Å²) in [7, 11) is 1.63. The maximum absolute atomic E-state index is 5.61. The summed E-state index contributed by atoms with van der Waals surface area (Å²) < 4.78 is 10.8. The molecule has 0 spiro atoms. The maximum atomic E-state index is 5.61. The molecule has 0 bridgehead atoms. The third-order valence-electron chi connectivity index (χ3n) is 2.79. The number of fused-ring (bicyclic) bond motifs is 1. The SMILES string of the molecule is COc1ccc2nc(NCc3ccncc3)oc2c1. The minimum Gasteiger partial charge on any atom is -0.497 e. The van der Waals surface area contributed by atoms with Gasteiger partial charge in [-0.2, -0.15) is 4.98 Å². The number of nitrogens with zero attached hydrogens (tertiary/aromatic N) is 2. The standard InChI is InChI=1S/C14H13N3O2/c1-18-11-2-3-12-13(8-11)19-14(17-12)16-9-10-4-6-15-7-5-10/h2-8H,9H2,1H3,(H,16,17). The lowest BCUT2D eigenvalue weighted by Gasteiger charge is -2.00. The van der Waals surface area contributed by atoms with Crippen molar-refractivity contribution in [1.29, 1.82) is 0 Å². The molecule has 3 rings (SSSR count). The van der Waals surface area contributed by atoms with Crippen molar-refractivity contribution < 1.29 is 9.15 Å². The maximum Gasteiger partial charge on any atom is 0.295 e. The third-order valence-corrected chi connectivity index (χ3v) is 2.79. The average molecular weight is 255 g/mol. The summed E-state index contributed by atoms with van der Waals surface area (Å²) in [4.78, 5) is 8.33. The summed E-state index contributed by atoms with van der Waals surface area (Å²) in [5, 5.41) is 3.14. The van der Waals surface area contributed by atoms with Crippen molar-refractivity contribution in [2.45, 2.75) is 6.54 Å². The van der Waals surface area contributed by atoms with Gasteiger partial charge in [-0.05, 0) is 29.8 Å². The summed E-state index contributed by atoms with van der Waals surface area (Å²) in [6, 6.07) is 9.93. The van der Waals surface area contributed by atoms with Crippen molar-refractivity contribution >= 4 is 17.1 Å². The fraction of sp³-hybridized carbons (Fsp3) is 0.143. The predicted octanol–water partition coefficient (Wildman–Crippen LogP) is 2.84. The second kappa shape index (κ2) is 4.97. The Morgan fingerprint density at radius 3 is 2.84 bits per heavy atom. The summed E-state index contributed by atoms with van der Waals surface area (Å²) >= 11 is 0. The van der Waals surface area contributed by atoms with Gasteiger partial charge in [0.25, 0.3) is 6.01 Å². The molecule has 0 fully saturated rings. The van der Waals surface area contributed by atoms with Crippen molar-refractivity contribution in [1.82, 2.24) is 9.97 Å². The first kappa shape index (κ1) is 11.5. The van der Waals surface area contributed by atoms with Crippen LogP contribution in [0.2, 0.25) is 0 Å². The van der Waals surface area contributed by atoms with Crippen molar-refractivity contribution in [3.05, 3.63) is 48.3 Å². The van der Waals surface area contributed by atoms with Crippen LogP contribution in [0.3, 0.4) is 0 Å². The smallest absolute Gasteiger partial charge is 0.295 e. The highest BCUT2D eigenvalue weighted by Crippen LogP contribution is 2.23. The van der Waals surface area contributed by atoms with E-state index in [0.717, 1.165) is 16.8 Å². The minimum absolute atomic E-state index is 0.500. The largest absolute Gasteiger partial charge is 0.497 e. The van der Waals surface area contributed by atoms with Crippen molar-refractivity contribution in [2.24, 2.45) is 0 Å². The predicted molar refractivity (Wildman–Crippen MR) is 72.1 cm³/mol. The van der Waals surface area contributed by atoms with Crippen LogP contribution in [0.15, 0.2) is 47.1 Å². The van der Waals surface area contributed by atoms with Crippen molar-refractivity contribution in [3.63, 3.8) is 0 Å².